The quantitative estimate of drug-likeness (QED) is 0.628. The molecule has 0 amide bonds. The van der Waals surface area contributed by atoms with Crippen LogP contribution >= 0.6 is 0 Å². The first-order valence-electron chi connectivity index (χ1n) is 4.89. The molecule has 4 heteroatoms. The van der Waals surface area contributed by atoms with Gasteiger partial charge in [-0.3, -0.25) is 0 Å². The number of carbonyl (C=O) groups is 1. The zero-order valence-corrected chi connectivity index (χ0v) is 9.24. The predicted molar refractivity (Wildman–Crippen MR) is 59.1 cm³/mol. The van der Waals surface area contributed by atoms with E-state index in [2.05, 4.69) is 10.1 Å². The van der Waals surface area contributed by atoms with E-state index in [1.165, 1.54) is 31.5 Å². The van der Waals surface area contributed by atoms with Crippen LogP contribution in [0.2, 0.25) is 0 Å². The molecule has 1 aromatic carbocycles. The van der Waals surface area contributed by atoms with Gasteiger partial charge < -0.3 is 10.1 Å². The summed E-state index contributed by atoms with van der Waals surface area (Å²) in [6.45, 7) is 1.87. The number of halogens is 1. The molecule has 0 bridgehead atoms. The van der Waals surface area contributed by atoms with Gasteiger partial charge in [-0.05, 0) is 24.6 Å². The van der Waals surface area contributed by atoms with Crippen molar-refractivity contribution in [3.8, 4) is 0 Å². The summed E-state index contributed by atoms with van der Waals surface area (Å²) in [6.07, 6.45) is 2.76. The fraction of sp³-hybridized carbons (Fsp3) is 0.250. The molecule has 0 aliphatic rings. The van der Waals surface area contributed by atoms with E-state index in [0.717, 1.165) is 5.56 Å². The number of benzene rings is 1. The zero-order valence-electron chi connectivity index (χ0n) is 9.24. The van der Waals surface area contributed by atoms with E-state index < -0.39 is 5.97 Å². The Morgan fingerprint density at radius 3 is 2.94 bits per heavy atom. The Morgan fingerprint density at radius 2 is 2.31 bits per heavy atom. The van der Waals surface area contributed by atoms with E-state index in [0.29, 0.717) is 0 Å². The highest BCUT2D eigenvalue weighted by Crippen LogP contribution is 2.12. The number of hydrogen-bond donors (Lipinski definition) is 1. The van der Waals surface area contributed by atoms with Gasteiger partial charge in [0.05, 0.1) is 7.11 Å². The maximum Gasteiger partial charge on any atom is 0.331 e. The average Bonchev–Trinajstić information content (AvgIpc) is 2.28. The highest BCUT2D eigenvalue weighted by atomic mass is 19.1. The molecule has 0 aliphatic heterocycles. The molecule has 0 radical (unpaired) electrons. The Balaban J connectivity index is 2.56. The summed E-state index contributed by atoms with van der Waals surface area (Å²) in [7, 11) is 1.31. The van der Waals surface area contributed by atoms with Crippen LogP contribution in [0.25, 0.3) is 0 Å². The fourth-order valence-electron chi connectivity index (χ4n) is 1.20. The van der Waals surface area contributed by atoms with Gasteiger partial charge in [0, 0.05) is 18.3 Å². The van der Waals surface area contributed by atoms with Crippen molar-refractivity contribution in [2.75, 3.05) is 7.11 Å². The Morgan fingerprint density at radius 1 is 1.56 bits per heavy atom. The van der Waals surface area contributed by atoms with Gasteiger partial charge in [0.2, 0.25) is 0 Å². The van der Waals surface area contributed by atoms with E-state index in [9.17, 15) is 9.18 Å². The van der Waals surface area contributed by atoms with Gasteiger partial charge in [-0.2, -0.15) is 0 Å². The molecule has 16 heavy (non-hydrogen) atoms. The first-order valence-corrected chi connectivity index (χ1v) is 4.89. The van der Waals surface area contributed by atoms with Crippen molar-refractivity contribution < 1.29 is 13.9 Å². The number of ether oxygens (including phenoxy) is 1. The Labute approximate surface area is 93.9 Å². The lowest BCUT2D eigenvalue weighted by molar-refractivity contribution is -0.134. The molecule has 1 N–H and O–H groups in total. The summed E-state index contributed by atoms with van der Waals surface area (Å²) in [5.41, 5.74) is 0.814. The van der Waals surface area contributed by atoms with Crippen LogP contribution in [0, 0.1) is 5.82 Å². The lowest BCUT2D eigenvalue weighted by Gasteiger charge is -2.11. The molecule has 3 nitrogen and oxygen atoms in total. The van der Waals surface area contributed by atoms with E-state index >= 15 is 0 Å². The second-order valence-corrected chi connectivity index (χ2v) is 3.30. The highest BCUT2D eigenvalue weighted by molar-refractivity contribution is 5.81. The minimum Gasteiger partial charge on any atom is -0.466 e. The topological polar surface area (TPSA) is 38.3 Å². The van der Waals surface area contributed by atoms with Crippen LogP contribution in [-0.4, -0.2) is 13.1 Å². The molecule has 0 saturated heterocycles. The van der Waals surface area contributed by atoms with E-state index in [1.54, 1.807) is 6.07 Å². The summed E-state index contributed by atoms with van der Waals surface area (Å²) in [4.78, 5) is 10.8. The molecule has 0 fully saturated rings. The maximum absolute atomic E-state index is 12.9. The van der Waals surface area contributed by atoms with E-state index in [-0.39, 0.29) is 11.9 Å². The molecule has 0 spiro atoms. The second-order valence-electron chi connectivity index (χ2n) is 3.30. The smallest absolute Gasteiger partial charge is 0.331 e. The Bertz CT molecular complexity index is 390. The third kappa shape index (κ3) is 3.73. The predicted octanol–water partition coefficient (Wildman–Crippen LogP) is 2.16. The van der Waals surface area contributed by atoms with Crippen LogP contribution in [0.4, 0.5) is 4.39 Å². The van der Waals surface area contributed by atoms with Crippen molar-refractivity contribution in [1.82, 2.24) is 5.32 Å². The standard InChI is InChI=1S/C12H14FNO2/c1-9(14-7-6-12(15)16-2)10-4-3-5-11(13)8-10/h3-9,14H,1-2H3/b7-6+/t9-/m0/s1. The third-order valence-electron chi connectivity index (χ3n) is 2.12. The van der Waals surface area contributed by atoms with Crippen LogP contribution in [0.1, 0.15) is 18.5 Å². The number of rotatable bonds is 4. The fourth-order valence-corrected chi connectivity index (χ4v) is 1.20. The summed E-state index contributed by atoms with van der Waals surface area (Å²) in [6, 6.07) is 6.22. The van der Waals surface area contributed by atoms with Gasteiger partial charge in [0.25, 0.3) is 0 Å². The van der Waals surface area contributed by atoms with Crippen LogP contribution in [0.15, 0.2) is 36.5 Å². The maximum atomic E-state index is 12.9. The SMILES string of the molecule is COC(=O)/C=C/N[C@@H](C)c1cccc(F)c1. The van der Waals surface area contributed by atoms with Crippen molar-refractivity contribution in [3.63, 3.8) is 0 Å². The van der Waals surface area contributed by atoms with Crippen LogP contribution in [0.3, 0.4) is 0 Å². The lowest BCUT2D eigenvalue weighted by Crippen LogP contribution is -2.12. The van der Waals surface area contributed by atoms with E-state index in [1.807, 2.05) is 13.0 Å². The normalized spacial score (nSPS) is 12.4. The molecule has 0 unspecified atom stereocenters. The molecule has 1 rings (SSSR count). The number of methoxy groups -OCH3 is 1. The molecule has 0 aromatic heterocycles. The number of hydrogen-bond acceptors (Lipinski definition) is 3. The van der Waals surface area contributed by atoms with Crippen molar-refractivity contribution in [2.24, 2.45) is 0 Å². The first-order chi connectivity index (χ1) is 7.63. The van der Waals surface area contributed by atoms with Crippen molar-refractivity contribution in [3.05, 3.63) is 47.9 Å². The first kappa shape index (κ1) is 12.2. The minimum atomic E-state index is -0.432. The van der Waals surface area contributed by atoms with Crippen molar-refractivity contribution >= 4 is 5.97 Å². The van der Waals surface area contributed by atoms with Gasteiger partial charge in [-0.1, -0.05) is 12.1 Å². The Hall–Kier alpha value is -1.84. The summed E-state index contributed by atoms with van der Waals surface area (Å²) < 4.78 is 17.3. The van der Waals surface area contributed by atoms with Gasteiger partial charge in [-0.25, -0.2) is 9.18 Å². The third-order valence-corrected chi connectivity index (χ3v) is 2.12. The highest BCUT2D eigenvalue weighted by Gasteiger charge is 2.03. The molecular formula is C12H14FNO2. The number of carbonyl (C=O) groups excluding carboxylic acids is 1. The molecular weight excluding hydrogens is 209 g/mol. The number of esters is 1. The minimum absolute atomic E-state index is 0.0726. The molecule has 0 saturated carbocycles. The van der Waals surface area contributed by atoms with Gasteiger partial charge in [0.1, 0.15) is 5.82 Å². The summed E-state index contributed by atoms with van der Waals surface area (Å²) in [5, 5.41) is 2.94. The van der Waals surface area contributed by atoms with E-state index in [4.69, 9.17) is 0 Å². The van der Waals surface area contributed by atoms with Crippen molar-refractivity contribution in [2.45, 2.75) is 13.0 Å². The largest absolute Gasteiger partial charge is 0.466 e. The average molecular weight is 223 g/mol. The lowest BCUT2D eigenvalue weighted by atomic mass is 10.1. The van der Waals surface area contributed by atoms with Crippen LogP contribution in [-0.2, 0) is 9.53 Å². The zero-order chi connectivity index (χ0) is 12.0. The van der Waals surface area contributed by atoms with Crippen LogP contribution < -0.4 is 5.32 Å². The molecule has 1 aromatic rings. The summed E-state index contributed by atoms with van der Waals surface area (Å²) in [5.74, 6) is -0.706. The molecule has 1 atom stereocenters. The molecule has 86 valence electrons. The monoisotopic (exact) mass is 223 g/mol. The summed E-state index contributed by atoms with van der Waals surface area (Å²) >= 11 is 0. The van der Waals surface area contributed by atoms with Crippen molar-refractivity contribution in [1.29, 1.82) is 0 Å². The second kappa shape index (κ2) is 5.90. The molecule has 0 heterocycles. The number of nitrogens with one attached hydrogen (secondary N) is 1. The van der Waals surface area contributed by atoms with Gasteiger partial charge >= 0.3 is 5.97 Å². The molecule has 0 aliphatic carbocycles. The van der Waals surface area contributed by atoms with Gasteiger partial charge in [0.15, 0.2) is 0 Å². The Kier molecular flexibility index (Phi) is 4.51. The van der Waals surface area contributed by atoms with Crippen LogP contribution in [0.5, 0.6) is 0 Å². The van der Waals surface area contributed by atoms with Gasteiger partial charge in [-0.15, -0.1) is 0 Å².